The first-order chi connectivity index (χ1) is 9.11. The van der Waals surface area contributed by atoms with Crippen LogP contribution in [0.3, 0.4) is 0 Å². The molecule has 1 atom stereocenters. The normalized spacial score (nSPS) is 14.3. The van der Waals surface area contributed by atoms with E-state index < -0.39 is 6.04 Å². The molecule has 2 rings (SSSR count). The zero-order chi connectivity index (χ0) is 13.8. The third-order valence-electron chi connectivity index (χ3n) is 3.15. The highest BCUT2D eigenvalue weighted by molar-refractivity contribution is 5.81. The van der Waals surface area contributed by atoms with E-state index in [0.29, 0.717) is 13.0 Å². The summed E-state index contributed by atoms with van der Waals surface area (Å²) < 4.78 is 10.6. The molecule has 1 aliphatic heterocycles. The third-order valence-corrected chi connectivity index (χ3v) is 3.15. The van der Waals surface area contributed by atoms with E-state index in [4.69, 9.17) is 15.2 Å². The maximum atomic E-state index is 12.0. The molecule has 0 unspecified atom stereocenters. The average molecular weight is 264 g/mol. The van der Waals surface area contributed by atoms with Gasteiger partial charge in [0.2, 0.25) is 12.7 Å². The Morgan fingerprint density at radius 1 is 1.42 bits per heavy atom. The van der Waals surface area contributed by atoms with Gasteiger partial charge in [-0.15, -0.1) is 0 Å². The van der Waals surface area contributed by atoms with E-state index in [9.17, 15) is 4.79 Å². The summed E-state index contributed by atoms with van der Waals surface area (Å²) in [5, 5.41) is 0. The maximum Gasteiger partial charge on any atom is 0.239 e. The highest BCUT2D eigenvalue weighted by Gasteiger charge is 2.18. The summed E-state index contributed by atoms with van der Waals surface area (Å²) in [7, 11) is 1.77. The maximum absolute atomic E-state index is 12.0. The molecule has 0 saturated heterocycles. The number of carbonyl (C=O) groups is 1. The van der Waals surface area contributed by atoms with Crippen molar-refractivity contribution in [2.45, 2.75) is 32.4 Å². The van der Waals surface area contributed by atoms with Crippen LogP contribution in [0.5, 0.6) is 11.5 Å². The van der Waals surface area contributed by atoms with Crippen LogP contribution in [-0.4, -0.2) is 30.7 Å². The lowest BCUT2D eigenvalue weighted by molar-refractivity contribution is -0.132. The van der Waals surface area contributed by atoms with E-state index in [2.05, 4.69) is 0 Å². The monoisotopic (exact) mass is 264 g/mol. The summed E-state index contributed by atoms with van der Waals surface area (Å²) in [6.07, 6.45) is 1.62. The summed E-state index contributed by atoms with van der Waals surface area (Å²) in [5.41, 5.74) is 6.84. The molecular weight excluding hydrogens is 244 g/mol. The first kappa shape index (κ1) is 13.7. The van der Waals surface area contributed by atoms with Crippen molar-refractivity contribution >= 4 is 5.91 Å². The number of nitrogens with zero attached hydrogens (tertiary/aromatic N) is 1. The second-order valence-electron chi connectivity index (χ2n) is 4.78. The molecule has 0 bridgehead atoms. The van der Waals surface area contributed by atoms with Crippen molar-refractivity contribution in [3.8, 4) is 11.5 Å². The summed E-state index contributed by atoms with van der Waals surface area (Å²) in [6.45, 7) is 2.80. The van der Waals surface area contributed by atoms with E-state index in [1.807, 2.05) is 25.1 Å². The molecule has 0 aliphatic carbocycles. The summed E-state index contributed by atoms with van der Waals surface area (Å²) in [5.74, 6) is 1.45. The predicted octanol–water partition coefficient (Wildman–Crippen LogP) is 1.50. The number of ether oxygens (including phenoxy) is 2. The Kier molecular flexibility index (Phi) is 4.27. The number of fused-ring (bicyclic) bond motifs is 1. The van der Waals surface area contributed by atoms with Crippen LogP contribution in [0.25, 0.3) is 0 Å². The number of benzene rings is 1. The average Bonchev–Trinajstić information content (AvgIpc) is 2.85. The van der Waals surface area contributed by atoms with Crippen molar-refractivity contribution in [3.05, 3.63) is 23.8 Å². The molecule has 0 saturated carbocycles. The molecule has 2 N–H and O–H groups in total. The van der Waals surface area contributed by atoms with E-state index in [0.717, 1.165) is 23.5 Å². The minimum atomic E-state index is -0.413. The molecule has 0 fully saturated rings. The SMILES string of the molecule is CCC[C@@H](N)C(=O)N(C)Cc1ccc2c(c1)OCO2. The molecule has 19 heavy (non-hydrogen) atoms. The lowest BCUT2D eigenvalue weighted by Crippen LogP contribution is -2.41. The Morgan fingerprint density at radius 2 is 2.16 bits per heavy atom. The van der Waals surface area contributed by atoms with E-state index in [1.54, 1.807) is 11.9 Å². The standard InChI is InChI=1S/C14H20N2O3/c1-3-4-11(15)14(17)16(2)8-10-5-6-12-13(7-10)19-9-18-12/h5-7,11H,3-4,8-9,15H2,1-2H3/t11-/m1/s1. The summed E-state index contributed by atoms with van der Waals surface area (Å²) in [4.78, 5) is 13.7. The highest BCUT2D eigenvalue weighted by Crippen LogP contribution is 2.32. The van der Waals surface area contributed by atoms with Crippen LogP contribution in [0.2, 0.25) is 0 Å². The third kappa shape index (κ3) is 3.17. The second kappa shape index (κ2) is 5.93. The van der Waals surface area contributed by atoms with Gasteiger partial charge in [-0.3, -0.25) is 4.79 Å². The Bertz CT molecular complexity index is 462. The molecule has 1 aliphatic rings. The van der Waals surface area contributed by atoms with Crippen LogP contribution in [0.4, 0.5) is 0 Å². The number of hydrogen-bond acceptors (Lipinski definition) is 4. The minimum absolute atomic E-state index is 0.0282. The summed E-state index contributed by atoms with van der Waals surface area (Å²) >= 11 is 0. The van der Waals surface area contributed by atoms with Gasteiger partial charge in [-0.2, -0.15) is 0 Å². The van der Waals surface area contributed by atoms with Gasteiger partial charge >= 0.3 is 0 Å². The molecule has 0 spiro atoms. The Labute approximate surface area is 113 Å². The van der Waals surface area contributed by atoms with Crippen molar-refractivity contribution in [1.82, 2.24) is 4.90 Å². The van der Waals surface area contributed by atoms with Gasteiger partial charge in [-0.1, -0.05) is 19.4 Å². The molecule has 5 nitrogen and oxygen atoms in total. The molecule has 0 radical (unpaired) electrons. The van der Waals surface area contributed by atoms with Gasteiger partial charge in [-0.25, -0.2) is 0 Å². The van der Waals surface area contributed by atoms with Gasteiger partial charge in [0, 0.05) is 13.6 Å². The molecule has 1 aromatic rings. The van der Waals surface area contributed by atoms with Crippen LogP contribution in [0.1, 0.15) is 25.3 Å². The van der Waals surface area contributed by atoms with Gasteiger partial charge in [-0.05, 0) is 24.1 Å². The fourth-order valence-electron chi connectivity index (χ4n) is 2.11. The molecule has 5 heteroatoms. The van der Waals surface area contributed by atoms with Gasteiger partial charge in [0.25, 0.3) is 0 Å². The highest BCUT2D eigenvalue weighted by atomic mass is 16.7. The van der Waals surface area contributed by atoms with E-state index in [-0.39, 0.29) is 12.7 Å². The van der Waals surface area contributed by atoms with Crippen LogP contribution >= 0.6 is 0 Å². The van der Waals surface area contributed by atoms with Crippen LogP contribution < -0.4 is 15.2 Å². The van der Waals surface area contributed by atoms with E-state index in [1.165, 1.54) is 0 Å². The molecule has 104 valence electrons. The first-order valence-electron chi connectivity index (χ1n) is 6.51. The molecular formula is C14H20N2O3. The number of rotatable bonds is 5. The zero-order valence-electron chi connectivity index (χ0n) is 11.4. The molecule has 0 aromatic heterocycles. The van der Waals surface area contributed by atoms with Gasteiger partial charge in [0.15, 0.2) is 11.5 Å². The van der Waals surface area contributed by atoms with Gasteiger partial charge in [0.1, 0.15) is 0 Å². The van der Waals surface area contributed by atoms with Crippen LogP contribution in [0.15, 0.2) is 18.2 Å². The van der Waals surface area contributed by atoms with Crippen molar-refractivity contribution < 1.29 is 14.3 Å². The number of likely N-dealkylation sites (N-methyl/N-ethyl adjacent to an activating group) is 1. The molecule has 1 amide bonds. The van der Waals surface area contributed by atoms with Crippen LogP contribution in [-0.2, 0) is 11.3 Å². The van der Waals surface area contributed by atoms with Crippen molar-refractivity contribution in [3.63, 3.8) is 0 Å². The fourth-order valence-corrected chi connectivity index (χ4v) is 2.11. The van der Waals surface area contributed by atoms with Gasteiger partial charge < -0.3 is 20.1 Å². The Balaban J connectivity index is 1.98. The lowest BCUT2D eigenvalue weighted by atomic mass is 10.1. The number of carbonyl (C=O) groups excluding carboxylic acids is 1. The Morgan fingerprint density at radius 3 is 2.89 bits per heavy atom. The number of nitrogens with two attached hydrogens (primary N) is 1. The zero-order valence-corrected chi connectivity index (χ0v) is 11.4. The lowest BCUT2D eigenvalue weighted by Gasteiger charge is -2.21. The Hall–Kier alpha value is -1.75. The smallest absolute Gasteiger partial charge is 0.239 e. The predicted molar refractivity (Wildman–Crippen MR) is 71.9 cm³/mol. The molecule has 1 aromatic carbocycles. The van der Waals surface area contributed by atoms with Crippen molar-refractivity contribution in [1.29, 1.82) is 0 Å². The summed E-state index contributed by atoms with van der Waals surface area (Å²) in [6, 6.07) is 5.28. The topological polar surface area (TPSA) is 64.8 Å². The number of amides is 1. The van der Waals surface area contributed by atoms with Crippen molar-refractivity contribution in [2.75, 3.05) is 13.8 Å². The van der Waals surface area contributed by atoms with E-state index >= 15 is 0 Å². The quantitative estimate of drug-likeness (QED) is 0.875. The van der Waals surface area contributed by atoms with Crippen molar-refractivity contribution in [2.24, 2.45) is 5.73 Å². The minimum Gasteiger partial charge on any atom is -0.454 e. The first-order valence-corrected chi connectivity index (χ1v) is 6.51. The van der Waals surface area contributed by atoms with Crippen LogP contribution in [0, 0.1) is 0 Å². The fraction of sp³-hybridized carbons (Fsp3) is 0.500. The number of hydrogen-bond donors (Lipinski definition) is 1. The second-order valence-corrected chi connectivity index (χ2v) is 4.78. The molecule has 1 heterocycles. The van der Waals surface area contributed by atoms with Gasteiger partial charge in [0.05, 0.1) is 6.04 Å². The largest absolute Gasteiger partial charge is 0.454 e.